The number of ether oxygens (including phenoxy) is 1. The van der Waals surface area contributed by atoms with E-state index in [9.17, 15) is 19.5 Å². The van der Waals surface area contributed by atoms with Gasteiger partial charge in [0.1, 0.15) is 35.6 Å². The Morgan fingerprint density at radius 2 is 1.54 bits per heavy atom. The van der Waals surface area contributed by atoms with Crippen molar-refractivity contribution in [1.29, 1.82) is 0 Å². The predicted molar refractivity (Wildman–Crippen MR) is 199 cm³/mol. The predicted octanol–water partition coefficient (Wildman–Crippen LogP) is 3.83. The van der Waals surface area contributed by atoms with E-state index in [1.54, 1.807) is 12.1 Å². The van der Waals surface area contributed by atoms with Crippen molar-refractivity contribution < 1.29 is 24.2 Å². The molecule has 0 radical (unpaired) electrons. The van der Waals surface area contributed by atoms with Crippen LogP contribution in [0.15, 0.2) is 79.1 Å². The zero-order chi connectivity index (χ0) is 36.7. The number of hydrogen-bond donors (Lipinski definition) is 3. The maximum absolute atomic E-state index is 13.4. The molecule has 274 valence electrons. The molecule has 0 bridgehead atoms. The summed E-state index contributed by atoms with van der Waals surface area (Å²) < 4.78 is 8.08. The van der Waals surface area contributed by atoms with Gasteiger partial charge in [-0.05, 0) is 85.7 Å². The molecular weight excluding hydrogens is 686 g/mol. The molecular formula is C40H39N9O5. The lowest BCUT2D eigenvalue weighted by atomic mass is 10.0. The highest BCUT2D eigenvalue weighted by Gasteiger charge is 2.48. The summed E-state index contributed by atoms with van der Waals surface area (Å²) in [6.07, 6.45) is 2.66. The van der Waals surface area contributed by atoms with Crippen LogP contribution in [0.4, 0.5) is 11.5 Å². The third-order valence-corrected chi connectivity index (χ3v) is 12.0. The van der Waals surface area contributed by atoms with Crippen LogP contribution in [0.3, 0.4) is 0 Å². The van der Waals surface area contributed by atoms with Gasteiger partial charge in [0.25, 0.3) is 11.8 Å². The van der Waals surface area contributed by atoms with Gasteiger partial charge in [0.15, 0.2) is 5.65 Å². The van der Waals surface area contributed by atoms with Crippen LogP contribution in [0.5, 0.6) is 11.5 Å². The minimum atomic E-state index is -1.27. The summed E-state index contributed by atoms with van der Waals surface area (Å²) in [7, 11) is 0. The second kappa shape index (κ2) is 12.6. The van der Waals surface area contributed by atoms with Gasteiger partial charge >= 0.3 is 0 Å². The Bertz CT molecular complexity index is 2290. The number of anilines is 2. The van der Waals surface area contributed by atoms with E-state index in [-0.39, 0.29) is 24.8 Å². The number of nitrogens with two attached hydrogens (primary N) is 1. The number of nitrogen functional groups attached to an aromatic ring is 1. The molecule has 5 atom stereocenters. The Morgan fingerprint density at radius 1 is 0.815 bits per heavy atom. The molecule has 5 aliphatic rings. The SMILES string of the molecule is Nc1ncnc2c1c(-c1ccc(Oc3ccccc3)cc1)nn2C1C[C@@H]2CN(C3CN(c4ccc5c(c4)C(=O)N(C4CCC(=O)NC4O)C5=O)C3)C[C@@H]2C1. The second-order valence-corrected chi connectivity index (χ2v) is 15.2. The number of carbonyl (C=O) groups is 3. The number of piperidine rings is 1. The molecule has 3 amide bonds. The highest BCUT2D eigenvalue weighted by atomic mass is 16.5. The molecule has 0 spiro atoms. The Kier molecular flexibility index (Phi) is 7.66. The fraction of sp³-hybridized carbons (Fsp3) is 0.350. The number of imide groups is 1. The summed E-state index contributed by atoms with van der Waals surface area (Å²) in [6.45, 7) is 3.75. The normalized spacial score (nSPS) is 25.6. The van der Waals surface area contributed by atoms with Crippen LogP contribution < -0.4 is 20.7 Å². The molecule has 6 heterocycles. The van der Waals surface area contributed by atoms with Crippen LogP contribution in [0.1, 0.15) is 52.4 Å². The van der Waals surface area contributed by atoms with E-state index in [1.165, 1.54) is 6.33 Å². The van der Waals surface area contributed by atoms with Gasteiger partial charge < -0.3 is 25.8 Å². The van der Waals surface area contributed by atoms with Gasteiger partial charge in [-0.1, -0.05) is 18.2 Å². The number of amides is 3. The topological polar surface area (TPSA) is 172 Å². The number of hydrogen-bond acceptors (Lipinski definition) is 11. The lowest BCUT2D eigenvalue weighted by molar-refractivity contribution is -0.129. The summed E-state index contributed by atoms with van der Waals surface area (Å²) >= 11 is 0. The molecule has 5 aromatic rings. The van der Waals surface area contributed by atoms with E-state index in [1.807, 2.05) is 60.7 Å². The van der Waals surface area contributed by atoms with Crippen LogP contribution >= 0.6 is 0 Å². The van der Waals surface area contributed by atoms with Crippen molar-refractivity contribution in [3.05, 3.63) is 90.3 Å². The number of nitrogens with zero attached hydrogens (tertiary/aromatic N) is 7. The second-order valence-electron chi connectivity index (χ2n) is 15.2. The van der Waals surface area contributed by atoms with Gasteiger partial charge in [-0.15, -0.1) is 0 Å². The number of para-hydroxylation sites is 1. The highest BCUT2D eigenvalue weighted by molar-refractivity contribution is 6.22. The third-order valence-electron chi connectivity index (χ3n) is 12.0. The minimum Gasteiger partial charge on any atom is -0.457 e. The fourth-order valence-electron chi connectivity index (χ4n) is 9.24. The van der Waals surface area contributed by atoms with Gasteiger partial charge in [0.2, 0.25) is 5.91 Å². The van der Waals surface area contributed by atoms with Crippen LogP contribution in [0.25, 0.3) is 22.3 Å². The number of fused-ring (bicyclic) bond motifs is 3. The van der Waals surface area contributed by atoms with Crippen LogP contribution in [0, 0.1) is 11.8 Å². The molecule has 2 aromatic heterocycles. The van der Waals surface area contributed by atoms with Crippen molar-refractivity contribution in [3.8, 4) is 22.8 Å². The lowest BCUT2D eigenvalue weighted by Gasteiger charge is -2.46. The number of benzene rings is 3. The van der Waals surface area contributed by atoms with E-state index in [2.05, 4.69) is 29.8 Å². The number of nitrogens with one attached hydrogen (secondary N) is 1. The number of aromatic nitrogens is 4. The summed E-state index contributed by atoms with van der Waals surface area (Å²) in [6, 6.07) is 22.8. The van der Waals surface area contributed by atoms with E-state index < -0.39 is 24.1 Å². The molecule has 1 aliphatic carbocycles. The Hall–Kier alpha value is -5.86. The standard InChI is InChI=1S/C40H39N9O5/c41-36-34-35(22-6-9-29(10-7-22)54-28-4-2-1-3-5-28)45-49(37(34)43-21-42-36)26-14-23-17-46(18-24(23)15-26)27-19-47(20-27)25-8-11-30-31(16-25)40(53)48(39(30)52)32-12-13-33(50)44-38(32)51/h1-11,16,21,23-24,26-27,32,38,51H,12-15,17-20H2,(H,44,50)(H2,41,42,43)/t23-,24+,26?,32?,38?. The van der Waals surface area contributed by atoms with Gasteiger partial charge in [-0.25, -0.2) is 14.6 Å². The van der Waals surface area contributed by atoms with Crippen molar-refractivity contribution in [2.24, 2.45) is 11.8 Å². The van der Waals surface area contributed by atoms with Gasteiger partial charge in [-0.2, -0.15) is 5.10 Å². The maximum Gasteiger partial charge on any atom is 0.262 e. The average molecular weight is 726 g/mol. The molecule has 3 unspecified atom stereocenters. The summed E-state index contributed by atoms with van der Waals surface area (Å²) in [5, 5.41) is 18.8. The van der Waals surface area contributed by atoms with Crippen molar-refractivity contribution in [1.82, 2.24) is 34.9 Å². The van der Waals surface area contributed by atoms with E-state index in [4.69, 9.17) is 15.6 Å². The van der Waals surface area contributed by atoms with Crippen molar-refractivity contribution in [2.45, 2.75) is 50.0 Å². The Labute approximate surface area is 310 Å². The maximum atomic E-state index is 13.4. The third kappa shape index (κ3) is 5.38. The number of carbonyl (C=O) groups excluding carboxylic acids is 3. The quantitative estimate of drug-likeness (QED) is 0.208. The number of aliphatic hydroxyl groups is 1. The van der Waals surface area contributed by atoms with Gasteiger partial charge in [-0.3, -0.25) is 24.2 Å². The first kappa shape index (κ1) is 32.8. The molecule has 54 heavy (non-hydrogen) atoms. The minimum absolute atomic E-state index is 0.154. The van der Waals surface area contributed by atoms with E-state index >= 15 is 0 Å². The smallest absolute Gasteiger partial charge is 0.262 e. The molecule has 4 aliphatic heterocycles. The average Bonchev–Trinajstić information content (AvgIpc) is 3.90. The van der Waals surface area contributed by atoms with E-state index in [0.29, 0.717) is 34.8 Å². The molecule has 4 N–H and O–H groups in total. The first-order valence-corrected chi connectivity index (χ1v) is 18.6. The van der Waals surface area contributed by atoms with Crippen molar-refractivity contribution >= 4 is 40.3 Å². The molecule has 4 fully saturated rings. The van der Waals surface area contributed by atoms with Crippen LogP contribution in [-0.2, 0) is 4.79 Å². The van der Waals surface area contributed by atoms with Gasteiger partial charge in [0.05, 0.1) is 28.6 Å². The first-order valence-electron chi connectivity index (χ1n) is 18.6. The Morgan fingerprint density at radius 3 is 2.28 bits per heavy atom. The summed E-state index contributed by atoms with van der Waals surface area (Å²) in [5.74, 6) is 1.89. The summed E-state index contributed by atoms with van der Waals surface area (Å²) in [4.78, 5) is 53.2. The van der Waals surface area contributed by atoms with Gasteiger partial charge in [0, 0.05) is 49.9 Å². The number of likely N-dealkylation sites (tertiary alicyclic amines) is 1. The lowest BCUT2D eigenvalue weighted by Crippen LogP contribution is -2.59. The Balaban J connectivity index is 0.791. The van der Waals surface area contributed by atoms with Crippen LogP contribution in [-0.4, -0.2) is 96.9 Å². The fourth-order valence-corrected chi connectivity index (χ4v) is 9.24. The molecule has 1 saturated carbocycles. The molecule has 14 heteroatoms. The molecule has 3 saturated heterocycles. The zero-order valence-electron chi connectivity index (χ0n) is 29.4. The number of rotatable bonds is 7. The zero-order valence-corrected chi connectivity index (χ0v) is 29.4. The molecule has 10 rings (SSSR count). The number of aliphatic hydroxyl groups excluding tert-OH is 1. The highest BCUT2D eigenvalue weighted by Crippen LogP contribution is 2.47. The molecule has 14 nitrogen and oxygen atoms in total. The van der Waals surface area contributed by atoms with E-state index in [0.717, 1.165) is 83.4 Å². The monoisotopic (exact) mass is 725 g/mol. The first-order chi connectivity index (χ1) is 26.3. The van der Waals surface area contributed by atoms with Crippen LogP contribution in [0.2, 0.25) is 0 Å². The van der Waals surface area contributed by atoms with Crippen molar-refractivity contribution in [3.63, 3.8) is 0 Å². The molecule has 3 aromatic carbocycles. The van der Waals surface area contributed by atoms with Crippen molar-refractivity contribution in [2.75, 3.05) is 36.8 Å². The largest absolute Gasteiger partial charge is 0.457 e. The summed E-state index contributed by atoms with van der Waals surface area (Å²) in [5.41, 5.74) is 10.5.